The van der Waals surface area contributed by atoms with Crippen molar-refractivity contribution in [2.45, 2.75) is 19.9 Å². The van der Waals surface area contributed by atoms with Gasteiger partial charge in [0.1, 0.15) is 11.5 Å². The first-order valence-corrected chi connectivity index (χ1v) is 5.61. The Bertz CT molecular complexity index is 492. The third-order valence-electron chi connectivity index (χ3n) is 2.45. The summed E-state index contributed by atoms with van der Waals surface area (Å²) < 4.78 is 5.69. The molecule has 1 atom stereocenters. The van der Waals surface area contributed by atoms with E-state index in [0.717, 1.165) is 17.2 Å². The number of rotatable bonds is 3. The SMILES string of the molecule is Cc1cccc(Oc2ccc([C@@H](C)N)nc2)c1. The van der Waals surface area contributed by atoms with Gasteiger partial charge < -0.3 is 10.5 Å². The summed E-state index contributed by atoms with van der Waals surface area (Å²) in [5.74, 6) is 1.54. The smallest absolute Gasteiger partial charge is 0.145 e. The van der Waals surface area contributed by atoms with Crippen LogP contribution in [-0.2, 0) is 0 Å². The van der Waals surface area contributed by atoms with Gasteiger partial charge in [-0.15, -0.1) is 0 Å². The molecule has 0 saturated heterocycles. The normalized spacial score (nSPS) is 12.2. The maximum absolute atomic E-state index is 5.73. The molecule has 0 bridgehead atoms. The third-order valence-corrected chi connectivity index (χ3v) is 2.45. The third kappa shape index (κ3) is 3.04. The monoisotopic (exact) mass is 228 g/mol. The topological polar surface area (TPSA) is 48.1 Å². The molecule has 3 heteroatoms. The van der Waals surface area contributed by atoms with E-state index in [0.29, 0.717) is 0 Å². The first-order chi connectivity index (χ1) is 8.15. The Balaban J connectivity index is 2.14. The van der Waals surface area contributed by atoms with Gasteiger partial charge >= 0.3 is 0 Å². The van der Waals surface area contributed by atoms with Gasteiger partial charge in [-0.2, -0.15) is 0 Å². The van der Waals surface area contributed by atoms with Gasteiger partial charge in [-0.05, 0) is 43.7 Å². The van der Waals surface area contributed by atoms with Gasteiger partial charge in [0.25, 0.3) is 0 Å². The molecule has 0 amide bonds. The molecule has 0 aliphatic rings. The van der Waals surface area contributed by atoms with E-state index in [4.69, 9.17) is 10.5 Å². The summed E-state index contributed by atoms with van der Waals surface area (Å²) in [6.07, 6.45) is 1.70. The highest BCUT2D eigenvalue weighted by Gasteiger charge is 2.02. The van der Waals surface area contributed by atoms with E-state index in [1.807, 2.05) is 50.2 Å². The Morgan fingerprint density at radius 2 is 2.00 bits per heavy atom. The molecule has 1 aromatic heterocycles. The molecule has 2 rings (SSSR count). The molecule has 2 aromatic rings. The van der Waals surface area contributed by atoms with Crippen LogP contribution in [0.15, 0.2) is 42.6 Å². The Morgan fingerprint density at radius 1 is 1.18 bits per heavy atom. The van der Waals surface area contributed by atoms with Crippen LogP contribution in [0.25, 0.3) is 0 Å². The van der Waals surface area contributed by atoms with E-state index in [-0.39, 0.29) is 6.04 Å². The van der Waals surface area contributed by atoms with Crippen LogP contribution < -0.4 is 10.5 Å². The lowest BCUT2D eigenvalue weighted by Gasteiger charge is -2.08. The van der Waals surface area contributed by atoms with Crippen molar-refractivity contribution in [1.29, 1.82) is 0 Å². The zero-order valence-electron chi connectivity index (χ0n) is 10.1. The Hall–Kier alpha value is -1.87. The zero-order valence-corrected chi connectivity index (χ0v) is 10.1. The minimum Gasteiger partial charge on any atom is -0.456 e. The van der Waals surface area contributed by atoms with E-state index in [1.54, 1.807) is 6.20 Å². The quantitative estimate of drug-likeness (QED) is 0.877. The van der Waals surface area contributed by atoms with Crippen molar-refractivity contribution in [2.24, 2.45) is 5.73 Å². The minimum absolute atomic E-state index is 0.0528. The molecule has 0 spiro atoms. The fourth-order valence-electron chi connectivity index (χ4n) is 1.54. The fraction of sp³-hybridized carbons (Fsp3) is 0.214. The molecule has 0 fully saturated rings. The summed E-state index contributed by atoms with van der Waals surface area (Å²) in [7, 11) is 0. The standard InChI is InChI=1S/C14H16N2O/c1-10-4-3-5-12(8-10)17-13-6-7-14(11(2)15)16-9-13/h3-9,11H,15H2,1-2H3/t11-/m1/s1. The second-order valence-corrected chi connectivity index (χ2v) is 4.13. The average Bonchev–Trinajstić information content (AvgIpc) is 2.29. The largest absolute Gasteiger partial charge is 0.456 e. The second-order valence-electron chi connectivity index (χ2n) is 4.13. The molecule has 3 nitrogen and oxygen atoms in total. The van der Waals surface area contributed by atoms with Crippen molar-refractivity contribution in [3.05, 3.63) is 53.9 Å². The van der Waals surface area contributed by atoms with Crippen molar-refractivity contribution < 1.29 is 4.74 Å². The molecule has 0 aliphatic heterocycles. The molecule has 0 unspecified atom stereocenters. The number of benzene rings is 1. The molecule has 0 radical (unpaired) electrons. The Kier molecular flexibility index (Phi) is 3.40. The van der Waals surface area contributed by atoms with Gasteiger partial charge in [0.05, 0.1) is 11.9 Å². The summed E-state index contributed by atoms with van der Waals surface area (Å²) in [5, 5.41) is 0. The second kappa shape index (κ2) is 4.97. The lowest BCUT2D eigenvalue weighted by atomic mass is 10.2. The highest BCUT2D eigenvalue weighted by atomic mass is 16.5. The van der Waals surface area contributed by atoms with Gasteiger partial charge in [0.2, 0.25) is 0 Å². The fourth-order valence-corrected chi connectivity index (χ4v) is 1.54. The average molecular weight is 228 g/mol. The highest BCUT2D eigenvalue weighted by Crippen LogP contribution is 2.22. The van der Waals surface area contributed by atoms with Crippen molar-refractivity contribution in [2.75, 3.05) is 0 Å². The van der Waals surface area contributed by atoms with E-state index >= 15 is 0 Å². The molecule has 0 aliphatic carbocycles. The molecular formula is C14H16N2O. The lowest BCUT2D eigenvalue weighted by Crippen LogP contribution is -2.06. The summed E-state index contributed by atoms with van der Waals surface area (Å²) >= 11 is 0. The number of hydrogen-bond donors (Lipinski definition) is 1. The van der Waals surface area contributed by atoms with Gasteiger partial charge in [-0.1, -0.05) is 12.1 Å². The van der Waals surface area contributed by atoms with Crippen molar-refractivity contribution in [3.63, 3.8) is 0 Å². The summed E-state index contributed by atoms with van der Waals surface area (Å²) in [6, 6.07) is 11.6. The van der Waals surface area contributed by atoms with Crippen LogP contribution in [0.5, 0.6) is 11.5 Å². The van der Waals surface area contributed by atoms with Gasteiger partial charge in [-0.3, -0.25) is 4.98 Å². The van der Waals surface area contributed by atoms with Crippen LogP contribution in [-0.4, -0.2) is 4.98 Å². The van der Waals surface area contributed by atoms with Crippen molar-refractivity contribution >= 4 is 0 Å². The first-order valence-electron chi connectivity index (χ1n) is 5.61. The van der Waals surface area contributed by atoms with E-state index in [9.17, 15) is 0 Å². The van der Waals surface area contributed by atoms with Crippen molar-refractivity contribution in [3.8, 4) is 11.5 Å². The van der Waals surface area contributed by atoms with E-state index < -0.39 is 0 Å². The number of nitrogens with two attached hydrogens (primary N) is 1. The zero-order chi connectivity index (χ0) is 12.3. The lowest BCUT2D eigenvalue weighted by molar-refractivity contribution is 0.479. The molecule has 88 valence electrons. The van der Waals surface area contributed by atoms with Crippen molar-refractivity contribution in [1.82, 2.24) is 4.98 Å². The number of ether oxygens (including phenoxy) is 1. The van der Waals surface area contributed by atoms with E-state index in [1.165, 1.54) is 5.56 Å². The first kappa shape index (κ1) is 11.6. The number of aryl methyl sites for hydroxylation is 1. The van der Waals surface area contributed by atoms with Crippen LogP contribution in [0.1, 0.15) is 24.2 Å². The maximum atomic E-state index is 5.73. The molecule has 17 heavy (non-hydrogen) atoms. The van der Waals surface area contributed by atoms with E-state index in [2.05, 4.69) is 4.98 Å². The van der Waals surface area contributed by atoms with Crippen LogP contribution in [0.3, 0.4) is 0 Å². The van der Waals surface area contributed by atoms with Crippen LogP contribution in [0.4, 0.5) is 0 Å². The Labute approximate surface area is 101 Å². The number of hydrogen-bond acceptors (Lipinski definition) is 3. The van der Waals surface area contributed by atoms with Gasteiger partial charge in [0.15, 0.2) is 0 Å². The molecule has 1 heterocycles. The molecular weight excluding hydrogens is 212 g/mol. The summed E-state index contributed by atoms with van der Waals surface area (Å²) in [6.45, 7) is 3.94. The number of pyridine rings is 1. The van der Waals surface area contributed by atoms with Crippen LogP contribution in [0.2, 0.25) is 0 Å². The Morgan fingerprint density at radius 3 is 2.59 bits per heavy atom. The highest BCUT2D eigenvalue weighted by molar-refractivity contribution is 5.32. The molecule has 1 aromatic carbocycles. The number of nitrogens with zero attached hydrogens (tertiary/aromatic N) is 1. The van der Waals surface area contributed by atoms with Gasteiger partial charge in [-0.25, -0.2) is 0 Å². The predicted octanol–water partition coefficient (Wildman–Crippen LogP) is 3.20. The molecule has 2 N–H and O–H groups in total. The summed E-state index contributed by atoms with van der Waals surface area (Å²) in [5.41, 5.74) is 7.76. The predicted molar refractivity (Wildman–Crippen MR) is 68.1 cm³/mol. The van der Waals surface area contributed by atoms with Crippen LogP contribution >= 0.6 is 0 Å². The van der Waals surface area contributed by atoms with Crippen LogP contribution in [0, 0.1) is 6.92 Å². The van der Waals surface area contributed by atoms with Gasteiger partial charge in [0, 0.05) is 6.04 Å². The number of aromatic nitrogens is 1. The minimum atomic E-state index is -0.0528. The maximum Gasteiger partial charge on any atom is 0.145 e. The summed E-state index contributed by atoms with van der Waals surface area (Å²) in [4.78, 5) is 4.25. The molecule has 0 saturated carbocycles.